The van der Waals surface area contributed by atoms with Gasteiger partial charge in [0.1, 0.15) is 4.21 Å². The monoisotopic (exact) mass is 343 g/mol. The molecule has 0 radical (unpaired) electrons. The van der Waals surface area contributed by atoms with Crippen molar-refractivity contribution in [2.75, 3.05) is 19.6 Å². The molecule has 1 aliphatic heterocycles. The maximum atomic E-state index is 12.7. The van der Waals surface area contributed by atoms with E-state index in [1.54, 1.807) is 21.7 Å². The fourth-order valence-electron chi connectivity index (χ4n) is 2.37. The lowest BCUT2D eigenvalue weighted by molar-refractivity contribution is 0.284. The van der Waals surface area contributed by atoms with Crippen LogP contribution in [0.1, 0.15) is 11.9 Å². The summed E-state index contributed by atoms with van der Waals surface area (Å²) in [7, 11) is -3.40. The Bertz CT molecular complexity index is 735. The van der Waals surface area contributed by atoms with E-state index in [1.165, 1.54) is 11.3 Å². The van der Waals surface area contributed by atoms with Gasteiger partial charge in [0.2, 0.25) is 0 Å². The van der Waals surface area contributed by atoms with Gasteiger partial charge in [-0.3, -0.25) is 0 Å². The quantitative estimate of drug-likeness (QED) is 0.928. The normalized spacial score (nSPS) is 20.8. The van der Waals surface area contributed by atoms with E-state index in [1.807, 2.05) is 25.3 Å². The predicted octanol–water partition coefficient (Wildman–Crippen LogP) is 2.16. The summed E-state index contributed by atoms with van der Waals surface area (Å²) in [6.45, 7) is 5.80. The van der Waals surface area contributed by atoms with Crippen molar-refractivity contribution in [3.8, 4) is 10.6 Å². The van der Waals surface area contributed by atoms with E-state index in [4.69, 9.17) is 0 Å². The van der Waals surface area contributed by atoms with Crippen molar-refractivity contribution in [1.82, 2.24) is 14.6 Å². The first-order valence-electron chi connectivity index (χ1n) is 6.73. The molecule has 5 nitrogen and oxygen atoms in total. The van der Waals surface area contributed by atoms with Crippen LogP contribution in [0.5, 0.6) is 0 Å². The molecule has 1 N–H and O–H groups in total. The molecule has 3 rings (SSSR count). The van der Waals surface area contributed by atoms with Crippen molar-refractivity contribution in [3.63, 3.8) is 0 Å². The molecule has 0 aliphatic carbocycles. The minimum Gasteiger partial charge on any atom is -0.314 e. The van der Waals surface area contributed by atoms with Crippen LogP contribution in [0.4, 0.5) is 0 Å². The molecule has 2 aromatic heterocycles. The molecular formula is C13H17N3O2S3. The summed E-state index contributed by atoms with van der Waals surface area (Å²) < 4.78 is 27.5. The number of thiophene rings is 1. The van der Waals surface area contributed by atoms with Crippen molar-refractivity contribution < 1.29 is 8.42 Å². The van der Waals surface area contributed by atoms with Crippen LogP contribution in [0.3, 0.4) is 0 Å². The van der Waals surface area contributed by atoms with Crippen LogP contribution in [-0.2, 0) is 10.0 Å². The Labute approximate surface area is 132 Å². The highest BCUT2D eigenvalue weighted by Crippen LogP contribution is 2.33. The highest BCUT2D eigenvalue weighted by atomic mass is 32.2. The van der Waals surface area contributed by atoms with Gasteiger partial charge >= 0.3 is 0 Å². The van der Waals surface area contributed by atoms with Gasteiger partial charge in [-0.25, -0.2) is 13.4 Å². The Morgan fingerprint density at radius 3 is 2.90 bits per heavy atom. The second-order valence-corrected chi connectivity index (χ2v) is 9.30. The molecule has 114 valence electrons. The van der Waals surface area contributed by atoms with Gasteiger partial charge in [0, 0.05) is 31.1 Å². The predicted molar refractivity (Wildman–Crippen MR) is 86.4 cm³/mol. The summed E-state index contributed by atoms with van der Waals surface area (Å²) in [4.78, 5) is 5.32. The summed E-state index contributed by atoms with van der Waals surface area (Å²) in [5.41, 5.74) is 0.859. The van der Waals surface area contributed by atoms with Gasteiger partial charge in [-0.2, -0.15) is 4.31 Å². The Hall–Kier alpha value is -0.800. The molecule has 1 atom stereocenters. The highest BCUT2D eigenvalue weighted by molar-refractivity contribution is 7.91. The smallest absolute Gasteiger partial charge is 0.252 e. The van der Waals surface area contributed by atoms with Gasteiger partial charge in [0.15, 0.2) is 0 Å². The second-order valence-electron chi connectivity index (χ2n) is 5.04. The van der Waals surface area contributed by atoms with Crippen LogP contribution in [0.2, 0.25) is 0 Å². The van der Waals surface area contributed by atoms with Crippen molar-refractivity contribution >= 4 is 32.7 Å². The molecule has 8 heteroatoms. The average molecular weight is 343 g/mol. The SMILES string of the molecule is Cc1nc(-c2ccc(S(=O)(=O)N3CCNCC3C)s2)cs1. The zero-order chi connectivity index (χ0) is 15.0. The molecule has 1 fully saturated rings. The molecule has 1 saturated heterocycles. The van der Waals surface area contributed by atoms with Gasteiger partial charge in [0.25, 0.3) is 10.0 Å². The lowest BCUT2D eigenvalue weighted by Crippen LogP contribution is -2.51. The van der Waals surface area contributed by atoms with Crippen molar-refractivity contribution in [1.29, 1.82) is 0 Å². The summed E-state index contributed by atoms with van der Waals surface area (Å²) >= 11 is 2.87. The van der Waals surface area contributed by atoms with Crippen LogP contribution >= 0.6 is 22.7 Å². The number of aryl methyl sites for hydroxylation is 1. The number of thiazole rings is 1. The van der Waals surface area contributed by atoms with E-state index < -0.39 is 10.0 Å². The Morgan fingerprint density at radius 2 is 2.24 bits per heavy atom. The molecule has 0 bridgehead atoms. The van der Waals surface area contributed by atoms with E-state index in [-0.39, 0.29) is 6.04 Å². The van der Waals surface area contributed by atoms with E-state index in [9.17, 15) is 8.42 Å². The number of aromatic nitrogens is 1. The van der Waals surface area contributed by atoms with Crippen molar-refractivity contribution in [2.24, 2.45) is 0 Å². The minimum atomic E-state index is -3.40. The molecule has 0 aromatic carbocycles. The molecular weight excluding hydrogens is 326 g/mol. The lowest BCUT2D eigenvalue weighted by atomic mass is 10.3. The molecule has 3 heterocycles. The highest BCUT2D eigenvalue weighted by Gasteiger charge is 2.32. The Balaban J connectivity index is 1.91. The largest absolute Gasteiger partial charge is 0.314 e. The van der Waals surface area contributed by atoms with Gasteiger partial charge in [-0.1, -0.05) is 0 Å². The fourth-order valence-corrected chi connectivity index (χ4v) is 6.08. The summed E-state index contributed by atoms with van der Waals surface area (Å²) in [5.74, 6) is 0. The van der Waals surface area contributed by atoms with Gasteiger partial charge in [0.05, 0.1) is 15.6 Å². The van der Waals surface area contributed by atoms with E-state index in [2.05, 4.69) is 10.3 Å². The molecule has 0 saturated carbocycles. The molecule has 21 heavy (non-hydrogen) atoms. The van der Waals surface area contributed by atoms with Crippen molar-refractivity contribution in [3.05, 3.63) is 22.5 Å². The number of hydrogen-bond donors (Lipinski definition) is 1. The van der Waals surface area contributed by atoms with Crippen LogP contribution in [-0.4, -0.2) is 43.4 Å². The van der Waals surface area contributed by atoms with Gasteiger partial charge in [-0.05, 0) is 26.0 Å². The molecule has 0 amide bonds. The number of sulfonamides is 1. The first-order valence-corrected chi connectivity index (χ1v) is 9.87. The fraction of sp³-hybridized carbons (Fsp3) is 0.462. The van der Waals surface area contributed by atoms with Gasteiger partial charge in [-0.15, -0.1) is 22.7 Å². The van der Waals surface area contributed by atoms with E-state index in [0.29, 0.717) is 23.8 Å². The van der Waals surface area contributed by atoms with Gasteiger partial charge < -0.3 is 5.32 Å². The van der Waals surface area contributed by atoms with Crippen LogP contribution in [0, 0.1) is 6.92 Å². The average Bonchev–Trinajstić information content (AvgIpc) is 3.07. The van der Waals surface area contributed by atoms with E-state index >= 15 is 0 Å². The number of hydrogen-bond acceptors (Lipinski definition) is 6. The zero-order valence-electron chi connectivity index (χ0n) is 11.9. The third kappa shape index (κ3) is 2.91. The first kappa shape index (κ1) is 15.1. The molecule has 0 spiro atoms. The number of nitrogens with zero attached hydrogens (tertiary/aromatic N) is 2. The molecule has 1 aliphatic rings. The van der Waals surface area contributed by atoms with E-state index in [0.717, 1.165) is 15.6 Å². The Kier molecular flexibility index (Phi) is 4.15. The number of rotatable bonds is 3. The minimum absolute atomic E-state index is 0.0178. The maximum Gasteiger partial charge on any atom is 0.252 e. The Morgan fingerprint density at radius 1 is 1.43 bits per heavy atom. The second kappa shape index (κ2) is 5.77. The summed E-state index contributed by atoms with van der Waals surface area (Å²) in [5, 5.41) is 6.16. The summed E-state index contributed by atoms with van der Waals surface area (Å²) in [6.07, 6.45) is 0. The third-order valence-corrected chi connectivity index (χ3v) is 7.82. The van der Waals surface area contributed by atoms with Crippen molar-refractivity contribution in [2.45, 2.75) is 24.1 Å². The standard InChI is InChI=1S/C13H17N3O2S3/c1-9-7-14-5-6-16(9)21(17,18)13-4-3-12(20-13)11-8-19-10(2)15-11/h3-4,8-9,14H,5-7H2,1-2H3. The van der Waals surface area contributed by atoms with Crippen LogP contribution < -0.4 is 5.32 Å². The number of piperazine rings is 1. The van der Waals surface area contributed by atoms with Crippen LogP contribution in [0.15, 0.2) is 21.7 Å². The molecule has 1 unspecified atom stereocenters. The van der Waals surface area contributed by atoms with Crippen LogP contribution in [0.25, 0.3) is 10.6 Å². The molecule has 2 aromatic rings. The maximum absolute atomic E-state index is 12.7. The lowest BCUT2D eigenvalue weighted by Gasteiger charge is -2.32. The number of nitrogens with one attached hydrogen (secondary N) is 1. The first-order chi connectivity index (χ1) is 9.98. The summed E-state index contributed by atoms with van der Waals surface area (Å²) in [6, 6.07) is 3.52. The zero-order valence-corrected chi connectivity index (χ0v) is 14.3. The third-order valence-electron chi connectivity index (χ3n) is 3.46. The topological polar surface area (TPSA) is 62.3 Å².